The second kappa shape index (κ2) is 7.06. The summed E-state index contributed by atoms with van der Waals surface area (Å²) >= 11 is 1.20. The number of nitrogens with zero attached hydrogens (tertiary/aromatic N) is 3. The molecule has 0 aliphatic carbocycles. The van der Waals surface area contributed by atoms with E-state index in [0.29, 0.717) is 23.7 Å². The van der Waals surface area contributed by atoms with Crippen LogP contribution in [-0.4, -0.2) is 27.2 Å². The second-order valence-electron chi connectivity index (χ2n) is 5.14. The molecule has 0 unspecified atom stereocenters. The Morgan fingerprint density at radius 1 is 1.24 bits per heavy atom. The molecule has 0 bridgehead atoms. The van der Waals surface area contributed by atoms with Crippen molar-refractivity contribution in [2.75, 3.05) is 6.54 Å². The molecule has 1 N–H and O–H groups in total. The van der Waals surface area contributed by atoms with Crippen LogP contribution in [0.2, 0.25) is 0 Å². The van der Waals surface area contributed by atoms with E-state index in [1.807, 2.05) is 0 Å². The zero-order valence-electron chi connectivity index (χ0n) is 12.8. The highest BCUT2D eigenvalue weighted by Gasteiger charge is 2.30. The van der Waals surface area contributed by atoms with E-state index in [1.54, 1.807) is 28.5 Å². The first kappa shape index (κ1) is 17.2. The topological polar surface area (TPSA) is 59.8 Å². The SMILES string of the molecule is O=C(NCCn1cccn1)c1csc(-c2ccc(C(F)(F)F)cc2)n1. The number of amides is 1. The highest BCUT2D eigenvalue weighted by Crippen LogP contribution is 2.31. The van der Waals surface area contributed by atoms with Gasteiger partial charge in [0.05, 0.1) is 12.1 Å². The van der Waals surface area contributed by atoms with Crippen molar-refractivity contribution in [3.05, 3.63) is 59.4 Å². The standard InChI is InChI=1S/C16H13F3N4OS/c17-16(18,19)12-4-2-11(3-5-12)15-22-13(10-25-15)14(24)20-7-9-23-8-1-6-21-23/h1-6,8,10H,7,9H2,(H,20,24). The molecule has 1 amide bonds. The van der Waals surface area contributed by atoms with Crippen molar-refractivity contribution in [1.29, 1.82) is 0 Å². The van der Waals surface area contributed by atoms with Gasteiger partial charge in [0.2, 0.25) is 0 Å². The van der Waals surface area contributed by atoms with Crippen LogP contribution in [0.1, 0.15) is 16.1 Å². The number of aromatic nitrogens is 3. The number of alkyl halides is 3. The fourth-order valence-electron chi connectivity index (χ4n) is 2.12. The molecule has 0 radical (unpaired) electrons. The minimum Gasteiger partial charge on any atom is -0.349 e. The van der Waals surface area contributed by atoms with Gasteiger partial charge in [-0.05, 0) is 18.2 Å². The average molecular weight is 366 g/mol. The van der Waals surface area contributed by atoms with Crippen LogP contribution >= 0.6 is 11.3 Å². The van der Waals surface area contributed by atoms with E-state index in [0.717, 1.165) is 12.1 Å². The van der Waals surface area contributed by atoms with Crippen molar-refractivity contribution in [3.63, 3.8) is 0 Å². The quantitative estimate of drug-likeness (QED) is 0.752. The van der Waals surface area contributed by atoms with Gasteiger partial charge in [0.15, 0.2) is 0 Å². The number of carbonyl (C=O) groups excluding carboxylic acids is 1. The maximum atomic E-state index is 12.6. The Kier molecular flexibility index (Phi) is 4.84. The maximum Gasteiger partial charge on any atom is 0.416 e. The van der Waals surface area contributed by atoms with Crippen molar-refractivity contribution < 1.29 is 18.0 Å². The zero-order valence-corrected chi connectivity index (χ0v) is 13.6. The summed E-state index contributed by atoms with van der Waals surface area (Å²) in [5.41, 5.74) is 0.0540. The normalized spacial score (nSPS) is 11.5. The number of hydrogen-bond donors (Lipinski definition) is 1. The van der Waals surface area contributed by atoms with E-state index in [2.05, 4.69) is 15.4 Å². The Hall–Kier alpha value is -2.68. The third-order valence-corrected chi connectivity index (χ3v) is 4.27. The van der Waals surface area contributed by atoms with Gasteiger partial charge in [0.25, 0.3) is 5.91 Å². The molecule has 0 saturated heterocycles. The monoisotopic (exact) mass is 366 g/mol. The molecule has 2 heterocycles. The summed E-state index contributed by atoms with van der Waals surface area (Å²) in [5, 5.41) is 8.82. The molecule has 0 spiro atoms. The van der Waals surface area contributed by atoms with Gasteiger partial charge in [-0.3, -0.25) is 9.48 Å². The van der Waals surface area contributed by atoms with Gasteiger partial charge in [-0.1, -0.05) is 12.1 Å². The van der Waals surface area contributed by atoms with Gasteiger partial charge < -0.3 is 5.32 Å². The summed E-state index contributed by atoms with van der Waals surface area (Å²) in [7, 11) is 0. The fourth-order valence-corrected chi connectivity index (χ4v) is 2.93. The van der Waals surface area contributed by atoms with E-state index in [1.165, 1.54) is 23.5 Å². The number of nitrogens with one attached hydrogen (secondary N) is 1. The molecule has 5 nitrogen and oxygen atoms in total. The molecule has 9 heteroatoms. The summed E-state index contributed by atoms with van der Waals surface area (Å²) in [6.45, 7) is 0.933. The Labute approximate surface area is 145 Å². The zero-order chi connectivity index (χ0) is 17.9. The van der Waals surface area contributed by atoms with Gasteiger partial charge in [0.1, 0.15) is 10.7 Å². The van der Waals surface area contributed by atoms with Crippen LogP contribution in [0.4, 0.5) is 13.2 Å². The molecule has 0 aliphatic rings. The van der Waals surface area contributed by atoms with E-state index >= 15 is 0 Å². The Bertz CT molecular complexity index is 841. The molecule has 1 aromatic carbocycles. The smallest absolute Gasteiger partial charge is 0.349 e. The Morgan fingerprint density at radius 2 is 2.00 bits per heavy atom. The molecule has 2 aromatic heterocycles. The highest BCUT2D eigenvalue weighted by atomic mass is 32.1. The first-order valence-corrected chi connectivity index (χ1v) is 8.20. The minimum absolute atomic E-state index is 0.236. The Balaban J connectivity index is 1.62. The van der Waals surface area contributed by atoms with E-state index < -0.39 is 11.7 Å². The van der Waals surface area contributed by atoms with Gasteiger partial charge in [0, 0.05) is 29.9 Å². The Morgan fingerprint density at radius 3 is 2.64 bits per heavy atom. The number of hydrogen-bond acceptors (Lipinski definition) is 4. The molecule has 130 valence electrons. The van der Waals surface area contributed by atoms with Crippen LogP contribution in [0.5, 0.6) is 0 Å². The maximum absolute atomic E-state index is 12.6. The molecule has 0 aliphatic heterocycles. The molecule has 3 rings (SSSR count). The fraction of sp³-hybridized carbons (Fsp3) is 0.188. The van der Waals surface area contributed by atoms with Gasteiger partial charge >= 0.3 is 6.18 Å². The van der Waals surface area contributed by atoms with Gasteiger partial charge in [-0.25, -0.2) is 4.98 Å². The van der Waals surface area contributed by atoms with Crippen molar-refractivity contribution in [3.8, 4) is 10.6 Å². The molecule has 0 fully saturated rings. The summed E-state index contributed by atoms with van der Waals surface area (Å²) in [6, 6.07) is 6.49. The van der Waals surface area contributed by atoms with Gasteiger partial charge in [-0.15, -0.1) is 11.3 Å². The third-order valence-electron chi connectivity index (χ3n) is 3.38. The molecular weight excluding hydrogens is 353 g/mol. The van der Waals surface area contributed by atoms with Crippen LogP contribution in [0, 0.1) is 0 Å². The third kappa shape index (κ3) is 4.24. The lowest BCUT2D eigenvalue weighted by atomic mass is 10.1. The highest BCUT2D eigenvalue weighted by molar-refractivity contribution is 7.13. The molecule has 0 atom stereocenters. The molecule has 0 saturated carbocycles. The first-order chi connectivity index (χ1) is 11.9. The van der Waals surface area contributed by atoms with Crippen molar-refractivity contribution >= 4 is 17.2 Å². The second-order valence-corrected chi connectivity index (χ2v) is 6.00. The minimum atomic E-state index is -4.37. The summed E-state index contributed by atoms with van der Waals surface area (Å²) in [5.74, 6) is -0.332. The largest absolute Gasteiger partial charge is 0.416 e. The molecule has 3 aromatic rings. The van der Waals surface area contributed by atoms with Crippen LogP contribution in [0.25, 0.3) is 10.6 Å². The number of carbonyl (C=O) groups is 1. The van der Waals surface area contributed by atoms with Gasteiger partial charge in [-0.2, -0.15) is 18.3 Å². The van der Waals surface area contributed by atoms with E-state index in [4.69, 9.17) is 0 Å². The van der Waals surface area contributed by atoms with E-state index in [9.17, 15) is 18.0 Å². The number of benzene rings is 1. The number of halogens is 3. The van der Waals surface area contributed by atoms with Crippen LogP contribution < -0.4 is 5.32 Å². The van der Waals surface area contributed by atoms with Crippen LogP contribution in [0.3, 0.4) is 0 Å². The summed E-state index contributed by atoms with van der Waals surface area (Å²) in [6.07, 6.45) is -0.933. The predicted molar refractivity (Wildman–Crippen MR) is 87.1 cm³/mol. The molecule has 25 heavy (non-hydrogen) atoms. The van der Waals surface area contributed by atoms with E-state index in [-0.39, 0.29) is 11.6 Å². The number of rotatable bonds is 5. The summed E-state index contributed by atoms with van der Waals surface area (Å²) in [4.78, 5) is 16.2. The van der Waals surface area contributed by atoms with Crippen LogP contribution in [-0.2, 0) is 12.7 Å². The lowest BCUT2D eigenvalue weighted by Gasteiger charge is -2.06. The van der Waals surface area contributed by atoms with Crippen molar-refractivity contribution in [1.82, 2.24) is 20.1 Å². The lowest BCUT2D eigenvalue weighted by Crippen LogP contribution is -2.27. The summed E-state index contributed by atoms with van der Waals surface area (Å²) < 4.78 is 39.4. The predicted octanol–water partition coefficient (Wildman–Crippen LogP) is 3.46. The molecular formula is C16H13F3N4OS. The average Bonchev–Trinajstić information content (AvgIpc) is 3.26. The number of thiazole rings is 1. The lowest BCUT2D eigenvalue weighted by molar-refractivity contribution is -0.137. The van der Waals surface area contributed by atoms with Crippen molar-refractivity contribution in [2.24, 2.45) is 0 Å². The van der Waals surface area contributed by atoms with Crippen molar-refractivity contribution in [2.45, 2.75) is 12.7 Å². The van der Waals surface area contributed by atoms with Crippen LogP contribution in [0.15, 0.2) is 48.1 Å². The first-order valence-electron chi connectivity index (χ1n) is 7.32.